The standard InChI is InChI=1S/C24H26N4O4/c1-3-32-24(31)21-22(27-12-10-26(16-29)11-13-27)19-14-17(2)7-8-20(19)28(23(21)30)15-18-6-4-5-9-25-18/h4-9,14,16H,3,10-13,15H2,1-2H3. The van der Waals surface area contributed by atoms with Crippen molar-refractivity contribution in [2.24, 2.45) is 0 Å². The maximum atomic E-state index is 13.7. The van der Waals surface area contributed by atoms with E-state index in [0.29, 0.717) is 31.9 Å². The van der Waals surface area contributed by atoms with Gasteiger partial charge >= 0.3 is 5.97 Å². The maximum Gasteiger partial charge on any atom is 0.345 e. The number of amides is 1. The summed E-state index contributed by atoms with van der Waals surface area (Å²) in [7, 11) is 0. The van der Waals surface area contributed by atoms with Crippen molar-refractivity contribution in [1.82, 2.24) is 14.5 Å². The molecule has 0 spiro atoms. The molecule has 1 saturated heterocycles. The SMILES string of the molecule is CCOC(=O)c1c(N2CCN(C=O)CC2)c2cc(C)ccc2n(Cc2ccccn2)c1=O. The fourth-order valence-electron chi connectivity index (χ4n) is 4.13. The Morgan fingerprint density at radius 2 is 1.94 bits per heavy atom. The van der Waals surface area contributed by atoms with Crippen molar-refractivity contribution >= 4 is 29.0 Å². The number of hydrogen-bond donors (Lipinski definition) is 0. The van der Waals surface area contributed by atoms with Crippen LogP contribution in [0.25, 0.3) is 10.9 Å². The minimum absolute atomic E-state index is 0.0282. The number of rotatable bonds is 6. The molecule has 1 aromatic carbocycles. The minimum atomic E-state index is -0.636. The lowest BCUT2D eigenvalue weighted by Crippen LogP contribution is -2.47. The van der Waals surface area contributed by atoms with Crippen LogP contribution in [0, 0.1) is 6.92 Å². The molecule has 3 heterocycles. The summed E-state index contributed by atoms with van der Waals surface area (Å²) < 4.78 is 6.90. The van der Waals surface area contributed by atoms with Gasteiger partial charge in [-0.05, 0) is 38.1 Å². The Morgan fingerprint density at radius 1 is 1.16 bits per heavy atom. The van der Waals surface area contributed by atoms with Crippen molar-refractivity contribution in [3.8, 4) is 0 Å². The zero-order valence-electron chi connectivity index (χ0n) is 18.3. The highest BCUT2D eigenvalue weighted by Gasteiger charge is 2.29. The first-order chi connectivity index (χ1) is 15.5. The lowest BCUT2D eigenvalue weighted by molar-refractivity contribution is -0.118. The Bertz CT molecular complexity index is 1200. The van der Waals surface area contributed by atoms with Crippen LogP contribution in [-0.2, 0) is 16.1 Å². The Hall–Kier alpha value is -3.68. The van der Waals surface area contributed by atoms with Crippen LogP contribution in [0.15, 0.2) is 47.4 Å². The Balaban J connectivity index is 1.96. The number of pyridine rings is 2. The number of carbonyl (C=O) groups excluding carboxylic acids is 2. The van der Waals surface area contributed by atoms with Gasteiger partial charge in [0.25, 0.3) is 5.56 Å². The number of aryl methyl sites for hydroxylation is 1. The highest BCUT2D eigenvalue weighted by Crippen LogP contribution is 2.31. The summed E-state index contributed by atoms with van der Waals surface area (Å²) in [6.07, 6.45) is 2.51. The van der Waals surface area contributed by atoms with Crippen LogP contribution in [0.1, 0.15) is 28.5 Å². The third-order valence-electron chi connectivity index (χ3n) is 5.70. The zero-order chi connectivity index (χ0) is 22.7. The normalized spacial score (nSPS) is 13.9. The van der Waals surface area contributed by atoms with E-state index in [4.69, 9.17) is 4.74 Å². The molecule has 0 saturated carbocycles. The van der Waals surface area contributed by atoms with E-state index in [9.17, 15) is 14.4 Å². The summed E-state index contributed by atoms with van der Waals surface area (Å²) in [5.74, 6) is -0.636. The molecule has 3 aromatic rings. The van der Waals surface area contributed by atoms with E-state index in [2.05, 4.69) is 4.98 Å². The number of hydrogen-bond acceptors (Lipinski definition) is 6. The average Bonchev–Trinajstić information content (AvgIpc) is 2.81. The van der Waals surface area contributed by atoms with Crippen LogP contribution >= 0.6 is 0 Å². The third-order valence-corrected chi connectivity index (χ3v) is 5.70. The maximum absolute atomic E-state index is 13.7. The molecule has 0 N–H and O–H groups in total. The Labute approximate surface area is 186 Å². The van der Waals surface area contributed by atoms with Crippen molar-refractivity contribution in [2.45, 2.75) is 20.4 Å². The fourth-order valence-corrected chi connectivity index (χ4v) is 4.13. The Morgan fingerprint density at radius 3 is 2.59 bits per heavy atom. The van der Waals surface area contributed by atoms with Gasteiger partial charge in [-0.2, -0.15) is 0 Å². The number of esters is 1. The molecule has 4 rings (SSSR count). The van der Waals surface area contributed by atoms with Crippen LogP contribution < -0.4 is 10.5 Å². The Kier molecular flexibility index (Phi) is 6.20. The second-order valence-electron chi connectivity index (χ2n) is 7.81. The fraction of sp³-hybridized carbons (Fsp3) is 0.333. The number of fused-ring (bicyclic) bond motifs is 1. The monoisotopic (exact) mass is 434 g/mol. The lowest BCUT2D eigenvalue weighted by Gasteiger charge is -2.35. The van der Waals surface area contributed by atoms with Crippen molar-refractivity contribution in [1.29, 1.82) is 0 Å². The van der Waals surface area contributed by atoms with Crippen LogP contribution in [0.3, 0.4) is 0 Å². The molecule has 0 unspecified atom stereocenters. The molecule has 8 nitrogen and oxygen atoms in total. The zero-order valence-corrected chi connectivity index (χ0v) is 18.3. The molecule has 1 aliphatic rings. The van der Waals surface area contributed by atoms with Gasteiger partial charge in [0.1, 0.15) is 5.56 Å². The minimum Gasteiger partial charge on any atom is -0.462 e. The van der Waals surface area contributed by atoms with Crippen molar-refractivity contribution in [2.75, 3.05) is 37.7 Å². The van der Waals surface area contributed by atoms with Crippen molar-refractivity contribution in [3.63, 3.8) is 0 Å². The molecular weight excluding hydrogens is 408 g/mol. The molecule has 1 fully saturated rings. The van der Waals surface area contributed by atoms with Gasteiger partial charge in [-0.1, -0.05) is 17.7 Å². The van der Waals surface area contributed by atoms with E-state index in [1.54, 1.807) is 22.6 Å². The molecule has 32 heavy (non-hydrogen) atoms. The van der Waals surface area contributed by atoms with Crippen LogP contribution in [0.4, 0.5) is 5.69 Å². The van der Waals surface area contributed by atoms with E-state index in [-0.39, 0.29) is 18.7 Å². The van der Waals surface area contributed by atoms with E-state index in [1.165, 1.54) is 0 Å². The molecule has 0 bridgehead atoms. The quantitative estimate of drug-likeness (QED) is 0.437. The first-order valence-corrected chi connectivity index (χ1v) is 10.7. The number of piperazine rings is 1. The molecular formula is C24H26N4O4. The van der Waals surface area contributed by atoms with Gasteiger partial charge in [0.05, 0.1) is 30.0 Å². The van der Waals surface area contributed by atoms with E-state index in [1.807, 2.05) is 48.2 Å². The molecule has 0 aliphatic carbocycles. The predicted octanol–water partition coefficient (Wildman–Crippen LogP) is 2.21. The van der Waals surface area contributed by atoms with Crippen molar-refractivity contribution < 1.29 is 14.3 Å². The van der Waals surface area contributed by atoms with Crippen LogP contribution in [-0.4, -0.2) is 59.6 Å². The summed E-state index contributed by atoms with van der Waals surface area (Å²) in [6.45, 7) is 6.21. The van der Waals surface area contributed by atoms with Gasteiger partial charge in [-0.25, -0.2) is 4.79 Å². The molecule has 2 aromatic heterocycles. The van der Waals surface area contributed by atoms with E-state index < -0.39 is 11.5 Å². The summed E-state index contributed by atoms with van der Waals surface area (Å²) in [6, 6.07) is 11.4. The topological polar surface area (TPSA) is 84.7 Å². The average molecular weight is 434 g/mol. The number of anilines is 1. The van der Waals surface area contributed by atoms with Gasteiger partial charge in [-0.3, -0.25) is 14.6 Å². The number of nitrogens with zero attached hydrogens (tertiary/aromatic N) is 4. The van der Waals surface area contributed by atoms with Crippen LogP contribution in [0.5, 0.6) is 0 Å². The van der Waals surface area contributed by atoms with Gasteiger partial charge in [0.15, 0.2) is 0 Å². The summed E-state index contributed by atoms with van der Waals surface area (Å²) in [4.78, 5) is 46.0. The summed E-state index contributed by atoms with van der Waals surface area (Å²) in [5, 5.41) is 0.808. The van der Waals surface area contributed by atoms with Gasteiger partial charge in [-0.15, -0.1) is 0 Å². The first-order valence-electron chi connectivity index (χ1n) is 10.7. The predicted molar refractivity (Wildman–Crippen MR) is 122 cm³/mol. The number of carbonyl (C=O) groups is 2. The molecule has 8 heteroatoms. The highest BCUT2D eigenvalue weighted by atomic mass is 16.5. The largest absolute Gasteiger partial charge is 0.462 e. The van der Waals surface area contributed by atoms with Gasteiger partial charge < -0.3 is 19.1 Å². The number of benzene rings is 1. The summed E-state index contributed by atoms with van der Waals surface area (Å²) >= 11 is 0. The van der Waals surface area contributed by atoms with E-state index >= 15 is 0 Å². The van der Waals surface area contributed by atoms with Crippen LogP contribution in [0.2, 0.25) is 0 Å². The number of aromatic nitrogens is 2. The highest BCUT2D eigenvalue weighted by molar-refractivity contribution is 6.05. The lowest BCUT2D eigenvalue weighted by atomic mass is 10.0. The summed E-state index contributed by atoms with van der Waals surface area (Å²) in [5.41, 5.74) is 2.67. The molecule has 0 atom stereocenters. The van der Waals surface area contributed by atoms with Crippen molar-refractivity contribution in [3.05, 3.63) is 69.8 Å². The first kappa shape index (κ1) is 21.5. The number of ether oxygens (including phenoxy) is 1. The van der Waals surface area contributed by atoms with E-state index in [0.717, 1.165) is 28.6 Å². The van der Waals surface area contributed by atoms with Gasteiger partial charge in [0, 0.05) is 37.8 Å². The molecule has 0 radical (unpaired) electrons. The van der Waals surface area contributed by atoms with Gasteiger partial charge in [0.2, 0.25) is 6.41 Å². The smallest absolute Gasteiger partial charge is 0.345 e. The molecule has 1 amide bonds. The second-order valence-corrected chi connectivity index (χ2v) is 7.81. The third kappa shape index (κ3) is 4.08. The second kappa shape index (κ2) is 9.21. The molecule has 1 aliphatic heterocycles. The molecule has 166 valence electrons.